The first-order chi connectivity index (χ1) is 14.9. The third-order valence-corrected chi connectivity index (χ3v) is 4.03. The summed E-state index contributed by atoms with van der Waals surface area (Å²) in [6.07, 6.45) is 2.95. The fraction of sp³-hybridized carbons (Fsp3) is 0.190. The molecule has 0 bridgehead atoms. The highest BCUT2D eigenvalue weighted by molar-refractivity contribution is 6.32. The van der Waals surface area contributed by atoms with Gasteiger partial charge in [-0.05, 0) is 35.9 Å². The van der Waals surface area contributed by atoms with Crippen LogP contribution in [0.3, 0.4) is 0 Å². The summed E-state index contributed by atoms with van der Waals surface area (Å²) in [6, 6.07) is 7.73. The molecule has 0 aliphatic rings. The molecule has 0 radical (unpaired) electrons. The Morgan fingerprint density at radius 3 is 2.52 bits per heavy atom. The molecule has 2 aromatic rings. The first kappa shape index (κ1) is 23.6. The van der Waals surface area contributed by atoms with E-state index in [9.17, 15) is 9.59 Å². The van der Waals surface area contributed by atoms with Crippen molar-refractivity contribution in [3.05, 3.63) is 59.1 Å². The van der Waals surface area contributed by atoms with Crippen LogP contribution in [-0.2, 0) is 4.79 Å². The molecule has 0 saturated carbocycles. The van der Waals surface area contributed by atoms with Crippen molar-refractivity contribution in [2.75, 3.05) is 27.4 Å². The van der Waals surface area contributed by atoms with Crippen molar-refractivity contribution >= 4 is 29.7 Å². The standard InChI is InChI=1S/C21H21ClN2O7/c1-4-7-30-16-6-5-14(10-17(16)28-2)21(27)24-23-11-13-8-15(22)20(18(9-13)29-3)31-12-19(25)26/h4-6,8-11H,1,7,12H2,2-3H3,(H,24,27)(H,25,26)/b23-11+. The van der Waals surface area contributed by atoms with Crippen LogP contribution in [0.15, 0.2) is 48.1 Å². The number of carbonyl (C=O) groups is 2. The van der Waals surface area contributed by atoms with Gasteiger partial charge in [-0.25, -0.2) is 10.2 Å². The number of hydrazone groups is 1. The first-order valence-corrected chi connectivity index (χ1v) is 9.24. The molecule has 0 spiro atoms. The van der Waals surface area contributed by atoms with Crippen LogP contribution in [0.4, 0.5) is 0 Å². The van der Waals surface area contributed by atoms with Crippen LogP contribution in [-0.4, -0.2) is 50.6 Å². The molecule has 31 heavy (non-hydrogen) atoms. The number of nitrogens with one attached hydrogen (secondary N) is 1. The van der Waals surface area contributed by atoms with Crippen molar-refractivity contribution in [1.82, 2.24) is 5.43 Å². The highest BCUT2D eigenvalue weighted by Gasteiger charge is 2.14. The molecule has 164 valence electrons. The van der Waals surface area contributed by atoms with Crippen molar-refractivity contribution in [3.63, 3.8) is 0 Å². The topological polar surface area (TPSA) is 116 Å². The van der Waals surface area contributed by atoms with E-state index in [2.05, 4.69) is 17.1 Å². The molecule has 10 heteroatoms. The van der Waals surface area contributed by atoms with E-state index in [0.29, 0.717) is 29.2 Å². The van der Waals surface area contributed by atoms with E-state index in [-0.39, 0.29) is 16.5 Å². The third-order valence-electron chi connectivity index (χ3n) is 3.75. The Kier molecular flexibility index (Phi) is 8.71. The van der Waals surface area contributed by atoms with Gasteiger partial charge in [0, 0.05) is 5.56 Å². The minimum Gasteiger partial charge on any atom is -0.493 e. The van der Waals surface area contributed by atoms with E-state index in [1.807, 2.05) is 0 Å². The molecule has 2 aromatic carbocycles. The van der Waals surface area contributed by atoms with Gasteiger partial charge in [0.15, 0.2) is 29.6 Å². The van der Waals surface area contributed by atoms with Gasteiger partial charge in [-0.2, -0.15) is 5.10 Å². The lowest BCUT2D eigenvalue weighted by Crippen LogP contribution is -2.17. The molecule has 1 amide bonds. The molecule has 0 heterocycles. The van der Waals surface area contributed by atoms with Gasteiger partial charge < -0.3 is 24.1 Å². The van der Waals surface area contributed by atoms with Gasteiger partial charge in [0.1, 0.15) is 6.61 Å². The Bertz CT molecular complexity index is 992. The van der Waals surface area contributed by atoms with Crippen molar-refractivity contribution in [2.24, 2.45) is 5.10 Å². The number of aliphatic carboxylic acids is 1. The molecular formula is C21H21ClN2O7. The predicted molar refractivity (Wildman–Crippen MR) is 115 cm³/mol. The molecule has 9 nitrogen and oxygen atoms in total. The van der Waals surface area contributed by atoms with Gasteiger partial charge in [-0.1, -0.05) is 24.3 Å². The maximum atomic E-state index is 12.4. The van der Waals surface area contributed by atoms with Crippen molar-refractivity contribution in [2.45, 2.75) is 0 Å². The zero-order valence-electron chi connectivity index (χ0n) is 16.9. The fourth-order valence-electron chi connectivity index (χ4n) is 2.40. The second kappa shape index (κ2) is 11.5. The second-order valence-electron chi connectivity index (χ2n) is 5.88. The minimum absolute atomic E-state index is 0.0959. The van der Waals surface area contributed by atoms with Crippen LogP contribution in [0.1, 0.15) is 15.9 Å². The van der Waals surface area contributed by atoms with Gasteiger partial charge in [-0.15, -0.1) is 0 Å². The Labute approximate surface area is 183 Å². The number of carboxylic acids is 1. The highest BCUT2D eigenvalue weighted by atomic mass is 35.5. The van der Waals surface area contributed by atoms with Crippen LogP contribution >= 0.6 is 11.6 Å². The van der Waals surface area contributed by atoms with Gasteiger partial charge in [0.05, 0.1) is 25.5 Å². The number of methoxy groups -OCH3 is 2. The summed E-state index contributed by atoms with van der Waals surface area (Å²) in [5, 5.41) is 12.8. The van der Waals surface area contributed by atoms with Gasteiger partial charge in [-0.3, -0.25) is 4.79 Å². The van der Waals surface area contributed by atoms with E-state index in [0.717, 1.165) is 0 Å². The maximum absolute atomic E-state index is 12.4. The molecule has 2 N–H and O–H groups in total. The smallest absolute Gasteiger partial charge is 0.341 e. The van der Waals surface area contributed by atoms with Gasteiger partial charge in [0.2, 0.25) is 0 Å². The summed E-state index contributed by atoms with van der Waals surface area (Å²) in [4.78, 5) is 23.0. The van der Waals surface area contributed by atoms with Crippen molar-refractivity contribution < 1.29 is 33.6 Å². The lowest BCUT2D eigenvalue weighted by molar-refractivity contribution is -0.139. The number of amides is 1. The van der Waals surface area contributed by atoms with Crippen LogP contribution < -0.4 is 24.4 Å². The monoisotopic (exact) mass is 448 g/mol. The maximum Gasteiger partial charge on any atom is 0.341 e. The molecule has 0 fully saturated rings. The van der Waals surface area contributed by atoms with E-state index in [1.54, 1.807) is 18.2 Å². The van der Waals surface area contributed by atoms with Crippen molar-refractivity contribution in [3.8, 4) is 23.0 Å². The minimum atomic E-state index is -1.15. The molecule has 0 saturated heterocycles. The lowest BCUT2D eigenvalue weighted by Gasteiger charge is -2.12. The predicted octanol–water partition coefficient (Wildman–Crippen LogP) is 3.15. The van der Waals surface area contributed by atoms with Crippen LogP contribution in [0, 0.1) is 0 Å². The largest absolute Gasteiger partial charge is 0.493 e. The number of carboxylic acid groups (broad SMARTS) is 1. The number of hydrogen-bond donors (Lipinski definition) is 2. The summed E-state index contributed by atoms with van der Waals surface area (Å²) < 4.78 is 21.0. The number of carbonyl (C=O) groups excluding carboxylic acids is 1. The highest BCUT2D eigenvalue weighted by Crippen LogP contribution is 2.36. The number of nitrogens with zero attached hydrogens (tertiary/aromatic N) is 1. The van der Waals surface area contributed by atoms with E-state index >= 15 is 0 Å². The van der Waals surface area contributed by atoms with Gasteiger partial charge >= 0.3 is 5.97 Å². The summed E-state index contributed by atoms with van der Waals surface area (Å²) in [5.41, 5.74) is 3.21. The van der Waals surface area contributed by atoms with Gasteiger partial charge in [0.25, 0.3) is 5.91 Å². The number of halogens is 1. The summed E-state index contributed by atoms with van der Waals surface area (Å²) >= 11 is 6.14. The summed E-state index contributed by atoms with van der Waals surface area (Å²) in [5.74, 6) is -0.422. The zero-order valence-corrected chi connectivity index (χ0v) is 17.6. The number of ether oxygens (including phenoxy) is 4. The average molecular weight is 449 g/mol. The second-order valence-corrected chi connectivity index (χ2v) is 6.29. The Hall–Kier alpha value is -3.72. The van der Waals surface area contributed by atoms with Crippen LogP contribution in [0.5, 0.6) is 23.0 Å². The SMILES string of the molecule is C=CCOc1ccc(C(=O)N/N=C/c2cc(Cl)c(OCC(=O)O)c(OC)c2)cc1OC. The molecule has 2 rings (SSSR count). The first-order valence-electron chi connectivity index (χ1n) is 8.86. The van der Waals surface area contributed by atoms with E-state index in [4.69, 9.17) is 35.7 Å². The fourth-order valence-corrected chi connectivity index (χ4v) is 2.67. The Morgan fingerprint density at radius 1 is 1.13 bits per heavy atom. The third kappa shape index (κ3) is 6.65. The molecule has 0 aliphatic heterocycles. The quantitative estimate of drug-likeness (QED) is 0.308. The van der Waals surface area contributed by atoms with Crippen LogP contribution in [0.25, 0.3) is 0 Å². The molecule has 0 unspecified atom stereocenters. The number of benzene rings is 2. The summed E-state index contributed by atoms with van der Waals surface area (Å²) in [6.45, 7) is 3.32. The van der Waals surface area contributed by atoms with Crippen LogP contribution in [0.2, 0.25) is 5.02 Å². The summed E-state index contributed by atoms with van der Waals surface area (Å²) in [7, 11) is 2.86. The molecule has 0 aromatic heterocycles. The Morgan fingerprint density at radius 2 is 1.87 bits per heavy atom. The number of rotatable bonds is 11. The average Bonchev–Trinajstić information content (AvgIpc) is 2.76. The molecule has 0 atom stereocenters. The van der Waals surface area contributed by atoms with E-state index < -0.39 is 18.5 Å². The lowest BCUT2D eigenvalue weighted by atomic mass is 10.2. The Balaban J connectivity index is 2.11. The molecular weight excluding hydrogens is 428 g/mol. The van der Waals surface area contributed by atoms with E-state index in [1.165, 1.54) is 38.6 Å². The molecule has 0 aliphatic carbocycles. The van der Waals surface area contributed by atoms with Crippen molar-refractivity contribution in [1.29, 1.82) is 0 Å². The number of hydrogen-bond acceptors (Lipinski definition) is 7. The normalized spacial score (nSPS) is 10.4. The zero-order chi connectivity index (χ0) is 22.8.